The predicted octanol–water partition coefficient (Wildman–Crippen LogP) is 2.53. The van der Waals surface area contributed by atoms with Crippen molar-refractivity contribution in [3.8, 4) is 22.8 Å². The summed E-state index contributed by atoms with van der Waals surface area (Å²) in [6, 6.07) is 13.6. The molecular weight excluding hydrogens is 212 g/mol. The van der Waals surface area contributed by atoms with Gasteiger partial charge in [-0.2, -0.15) is 5.10 Å². The van der Waals surface area contributed by atoms with Gasteiger partial charge in [-0.25, -0.2) is 9.97 Å². The Bertz CT molecular complexity index is 602. The second kappa shape index (κ2) is 4.17. The lowest BCUT2D eigenvalue weighted by Crippen LogP contribution is -1.91. The topological polar surface area (TPSA) is 54.5 Å². The highest BCUT2D eigenvalue weighted by Gasteiger charge is 2.05. The molecule has 0 saturated heterocycles. The van der Waals surface area contributed by atoms with Crippen molar-refractivity contribution in [2.24, 2.45) is 0 Å². The molecule has 3 aromatic rings. The Morgan fingerprint density at radius 3 is 2.53 bits per heavy atom. The SMILES string of the molecule is c1ccc(-c2nccc(-c3cc[nH]n3)n2)cc1. The molecule has 0 saturated carbocycles. The fraction of sp³-hybridized carbons (Fsp3) is 0. The van der Waals surface area contributed by atoms with Crippen LogP contribution in [0.5, 0.6) is 0 Å². The largest absolute Gasteiger partial charge is 0.285 e. The molecule has 0 spiro atoms. The summed E-state index contributed by atoms with van der Waals surface area (Å²) in [5.74, 6) is 0.714. The van der Waals surface area contributed by atoms with E-state index >= 15 is 0 Å². The lowest BCUT2D eigenvalue weighted by Gasteiger charge is -2.01. The van der Waals surface area contributed by atoms with Crippen molar-refractivity contribution < 1.29 is 0 Å². The van der Waals surface area contributed by atoms with E-state index in [1.165, 1.54) is 0 Å². The van der Waals surface area contributed by atoms with Crippen molar-refractivity contribution in [2.75, 3.05) is 0 Å². The summed E-state index contributed by atoms with van der Waals surface area (Å²) >= 11 is 0. The molecule has 0 radical (unpaired) electrons. The van der Waals surface area contributed by atoms with Crippen LogP contribution in [-0.4, -0.2) is 20.2 Å². The minimum absolute atomic E-state index is 0.714. The van der Waals surface area contributed by atoms with Gasteiger partial charge in [0.05, 0.1) is 5.69 Å². The molecule has 3 rings (SSSR count). The maximum Gasteiger partial charge on any atom is 0.159 e. The Morgan fingerprint density at radius 1 is 0.882 bits per heavy atom. The number of hydrogen-bond acceptors (Lipinski definition) is 3. The van der Waals surface area contributed by atoms with Gasteiger partial charge in [0.1, 0.15) is 5.69 Å². The van der Waals surface area contributed by atoms with Gasteiger partial charge in [0, 0.05) is 18.0 Å². The van der Waals surface area contributed by atoms with E-state index in [0.29, 0.717) is 5.82 Å². The van der Waals surface area contributed by atoms with Gasteiger partial charge in [-0.05, 0) is 12.1 Å². The smallest absolute Gasteiger partial charge is 0.159 e. The van der Waals surface area contributed by atoms with Gasteiger partial charge >= 0.3 is 0 Å². The molecule has 0 atom stereocenters. The number of aromatic nitrogens is 4. The van der Waals surface area contributed by atoms with E-state index in [4.69, 9.17) is 0 Å². The molecule has 0 aliphatic rings. The van der Waals surface area contributed by atoms with Gasteiger partial charge in [0.25, 0.3) is 0 Å². The first kappa shape index (κ1) is 9.72. The average molecular weight is 222 g/mol. The molecule has 4 heteroatoms. The summed E-state index contributed by atoms with van der Waals surface area (Å²) in [6.45, 7) is 0. The van der Waals surface area contributed by atoms with Gasteiger partial charge in [0.15, 0.2) is 5.82 Å². The quantitative estimate of drug-likeness (QED) is 0.724. The van der Waals surface area contributed by atoms with Gasteiger partial charge in [-0.3, -0.25) is 5.10 Å². The minimum atomic E-state index is 0.714. The molecule has 1 aromatic carbocycles. The van der Waals surface area contributed by atoms with E-state index in [1.54, 1.807) is 12.4 Å². The number of rotatable bonds is 2. The maximum atomic E-state index is 4.49. The van der Waals surface area contributed by atoms with E-state index in [9.17, 15) is 0 Å². The Hall–Kier alpha value is -2.49. The van der Waals surface area contributed by atoms with Crippen LogP contribution in [0.2, 0.25) is 0 Å². The van der Waals surface area contributed by atoms with Crippen LogP contribution >= 0.6 is 0 Å². The lowest BCUT2D eigenvalue weighted by atomic mass is 10.2. The minimum Gasteiger partial charge on any atom is -0.285 e. The zero-order valence-corrected chi connectivity index (χ0v) is 9.04. The van der Waals surface area contributed by atoms with Crippen molar-refractivity contribution in [2.45, 2.75) is 0 Å². The number of nitrogens with zero attached hydrogens (tertiary/aromatic N) is 3. The third-order valence-electron chi connectivity index (χ3n) is 2.45. The second-order valence-corrected chi connectivity index (χ2v) is 3.59. The fourth-order valence-corrected chi connectivity index (χ4v) is 1.63. The van der Waals surface area contributed by atoms with Crippen LogP contribution in [-0.2, 0) is 0 Å². The summed E-state index contributed by atoms with van der Waals surface area (Å²) in [5, 5.41) is 6.88. The van der Waals surface area contributed by atoms with Crippen LogP contribution in [0.4, 0.5) is 0 Å². The van der Waals surface area contributed by atoms with E-state index in [2.05, 4.69) is 20.2 Å². The Morgan fingerprint density at radius 2 is 1.76 bits per heavy atom. The van der Waals surface area contributed by atoms with Crippen LogP contribution in [0, 0.1) is 0 Å². The second-order valence-electron chi connectivity index (χ2n) is 3.59. The average Bonchev–Trinajstić information content (AvgIpc) is 2.94. The molecule has 82 valence electrons. The lowest BCUT2D eigenvalue weighted by molar-refractivity contribution is 1.08. The maximum absolute atomic E-state index is 4.49. The van der Waals surface area contributed by atoms with E-state index < -0.39 is 0 Å². The highest BCUT2D eigenvalue weighted by molar-refractivity contribution is 5.60. The first-order chi connectivity index (χ1) is 8.43. The third kappa shape index (κ3) is 1.92. The van der Waals surface area contributed by atoms with Gasteiger partial charge in [-0.1, -0.05) is 30.3 Å². The molecule has 0 bridgehead atoms. The third-order valence-corrected chi connectivity index (χ3v) is 2.45. The summed E-state index contributed by atoms with van der Waals surface area (Å²) in [5.41, 5.74) is 2.65. The van der Waals surface area contributed by atoms with Crippen molar-refractivity contribution in [1.29, 1.82) is 0 Å². The summed E-state index contributed by atoms with van der Waals surface area (Å²) in [7, 11) is 0. The van der Waals surface area contributed by atoms with Crippen molar-refractivity contribution in [3.05, 3.63) is 54.9 Å². The van der Waals surface area contributed by atoms with E-state index in [0.717, 1.165) is 17.0 Å². The van der Waals surface area contributed by atoms with Crippen LogP contribution in [0.15, 0.2) is 54.9 Å². The van der Waals surface area contributed by atoms with E-state index in [-0.39, 0.29) is 0 Å². The number of benzene rings is 1. The molecule has 17 heavy (non-hydrogen) atoms. The van der Waals surface area contributed by atoms with Crippen LogP contribution in [0.3, 0.4) is 0 Å². The molecule has 0 aliphatic heterocycles. The summed E-state index contributed by atoms with van der Waals surface area (Å²) in [6.07, 6.45) is 3.53. The molecule has 0 unspecified atom stereocenters. The molecule has 4 nitrogen and oxygen atoms in total. The van der Waals surface area contributed by atoms with Gasteiger partial charge in [-0.15, -0.1) is 0 Å². The standard InChI is InChI=1S/C13H10N4/c1-2-4-10(5-3-1)13-14-8-6-11(16-13)12-7-9-15-17-12/h1-9H,(H,15,17). The highest BCUT2D eigenvalue weighted by Crippen LogP contribution is 2.18. The number of H-pyrrole nitrogens is 1. The molecule has 0 fully saturated rings. The van der Waals surface area contributed by atoms with Gasteiger partial charge < -0.3 is 0 Å². The molecule has 2 heterocycles. The number of nitrogens with one attached hydrogen (secondary N) is 1. The van der Waals surface area contributed by atoms with Gasteiger partial charge in [0.2, 0.25) is 0 Å². The van der Waals surface area contributed by atoms with Crippen molar-refractivity contribution in [1.82, 2.24) is 20.2 Å². The summed E-state index contributed by atoms with van der Waals surface area (Å²) in [4.78, 5) is 8.76. The fourth-order valence-electron chi connectivity index (χ4n) is 1.63. The molecule has 0 aliphatic carbocycles. The van der Waals surface area contributed by atoms with Crippen LogP contribution < -0.4 is 0 Å². The Balaban J connectivity index is 2.06. The van der Waals surface area contributed by atoms with Crippen molar-refractivity contribution in [3.63, 3.8) is 0 Å². The first-order valence-electron chi connectivity index (χ1n) is 5.32. The van der Waals surface area contributed by atoms with Crippen LogP contribution in [0.1, 0.15) is 0 Å². The molecule has 1 N–H and O–H groups in total. The monoisotopic (exact) mass is 222 g/mol. The molecule has 0 amide bonds. The summed E-state index contributed by atoms with van der Waals surface area (Å²) < 4.78 is 0. The Labute approximate surface area is 98.4 Å². The molecule has 2 aromatic heterocycles. The highest BCUT2D eigenvalue weighted by atomic mass is 15.1. The van der Waals surface area contributed by atoms with E-state index in [1.807, 2.05) is 42.5 Å². The zero-order chi connectivity index (χ0) is 11.5. The van der Waals surface area contributed by atoms with Crippen molar-refractivity contribution >= 4 is 0 Å². The first-order valence-corrected chi connectivity index (χ1v) is 5.32. The molecular formula is C13H10N4. The zero-order valence-electron chi connectivity index (χ0n) is 9.04. The predicted molar refractivity (Wildman–Crippen MR) is 65.0 cm³/mol. The normalized spacial score (nSPS) is 10.4. The number of aromatic amines is 1. The Kier molecular flexibility index (Phi) is 2.38. The number of hydrogen-bond donors (Lipinski definition) is 1. The van der Waals surface area contributed by atoms with Crippen LogP contribution in [0.25, 0.3) is 22.8 Å².